The number of nitrogens with zero attached hydrogens (tertiary/aromatic N) is 3. The van der Waals surface area contributed by atoms with Crippen LogP contribution in [0.3, 0.4) is 0 Å². The summed E-state index contributed by atoms with van der Waals surface area (Å²) in [5.74, 6) is 1.19. The molecule has 2 heterocycles. The Morgan fingerprint density at radius 2 is 1.47 bits per heavy atom. The number of nitrogens with one attached hydrogen (secondary N) is 1. The van der Waals surface area contributed by atoms with Crippen molar-refractivity contribution in [3.63, 3.8) is 0 Å². The highest BCUT2D eigenvalue weighted by Gasteiger charge is 2.21. The van der Waals surface area contributed by atoms with E-state index < -0.39 is 0 Å². The smallest absolute Gasteiger partial charge is 0.274 e. The fourth-order valence-corrected chi connectivity index (χ4v) is 3.77. The summed E-state index contributed by atoms with van der Waals surface area (Å²) < 4.78 is 16.2. The van der Waals surface area contributed by atoms with Crippen molar-refractivity contribution in [2.75, 3.05) is 52.3 Å². The topological polar surface area (TPSA) is 79.9 Å². The van der Waals surface area contributed by atoms with Crippen molar-refractivity contribution >= 4 is 28.3 Å². The molecule has 0 aliphatic heterocycles. The Hall–Kier alpha value is -4.20. The van der Waals surface area contributed by atoms with Gasteiger partial charge in [0.15, 0.2) is 11.5 Å². The first-order chi connectivity index (χ1) is 16.4. The third kappa shape index (κ3) is 4.22. The summed E-state index contributed by atoms with van der Waals surface area (Å²) in [5.41, 5.74) is 5.51. The molecule has 2 aromatic carbocycles. The Balaban J connectivity index is 1.64. The van der Waals surface area contributed by atoms with Crippen LogP contribution in [-0.2, 0) is 0 Å². The van der Waals surface area contributed by atoms with Gasteiger partial charge in [0.05, 0.1) is 43.7 Å². The van der Waals surface area contributed by atoms with Crippen LogP contribution in [0, 0.1) is 0 Å². The van der Waals surface area contributed by atoms with Gasteiger partial charge in [0.1, 0.15) is 5.69 Å². The number of carbonyl (C=O) groups is 1. The zero-order valence-corrected chi connectivity index (χ0v) is 20.2. The third-order valence-corrected chi connectivity index (χ3v) is 5.73. The number of aromatic amines is 1. The number of anilines is 2. The number of H-pyrrole nitrogens is 1. The Morgan fingerprint density at radius 1 is 0.824 bits per heavy atom. The molecule has 8 heteroatoms. The number of methoxy groups -OCH3 is 3. The molecule has 0 aliphatic rings. The molecule has 0 atom stereocenters. The van der Waals surface area contributed by atoms with Crippen molar-refractivity contribution in [2.24, 2.45) is 0 Å². The van der Waals surface area contributed by atoms with Crippen LogP contribution in [0.5, 0.6) is 17.2 Å². The number of amides is 1. The fraction of sp³-hybridized carbons (Fsp3) is 0.231. The number of benzene rings is 2. The number of hydrogen-bond acceptors (Lipinski definition) is 6. The van der Waals surface area contributed by atoms with Gasteiger partial charge in [-0.3, -0.25) is 4.79 Å². The van der Waals surface area contributed by atoms with E-state index in [1.165, 1.54) is 26.2 Å². The van der Waals surface area contributed by atoms with Crippen LogP contribution in [-0.4, -0.2) is 58.3 Å². The van der Waals surface area contributed by atoms with Gasteiger partial charge in [-0.2, -0.15) is 0 Å². The molecule has 0 aliphatic carbocycles. The van der Waals surface area contributed by atoms with E-state index in [4.69, 9.17) is 19.2 Å². The van der Waals surface area contributed by atoms with E-state index in [0.717, 1.165) is 28.0 Å². The zero-order valence-electron chi connectivity index (χ0n) is 20.2. The molecule has 0 bridgehead atoms. The minimum absolute atomic E-state index is 0.218. The van der Waals surface area contributed by atoms with E-state index in [1.54, 1.807) is 25.2 Å². The van der Waals surface area contributed by atoms with Crippen molar-refractivity contribution < 1.29 is 19.0 Å². The maximum Gasteiger partial charge on any atom is 0.274 e. The molecule has 4 rings (SSSR count). The predicted molar refractivity (Wildman–Crippen MR) is 135 cm³/mol. The molecule has 0 unspecified atom stereocenters. The molecule has 4 aromatic rings. The predicted octanol–water partition coefficient (Wildman–Crippen LogP) is 4.60. The van der Waals surface area contributed by atoms with Crippen LogP contribution in [0.25, 0.3) is 22.3 Å². The summed E-state index contributed by atoms with van der Waals surface area (Å²) in [7, 11) is 10.3. The minimum Gasteiger partial charge on any atom is -0.493 e. The second kappa shape index (κ2) is 9.35. The van der Waals surface area contributed by atoms with E-state index in [0.29, 0.717) is 28.6 Å². The first-order valence-corrected chi connectivity index (χ1v) is 10.7. The molecule has 0 fully saturated rings. The Morgan fingerprint density at radius 3 is 2.03 bits per heavy atom. The number of carbonyl (C=O) groups excluding carboxylic acids is 1. The van der Waals surface area contributed by atoms with Crippen LogP contribution in [0.1, 0.15) is 10.5 Å². The van der Waals surface area contributed by atoms with Crippen LogP contribution in [0.15, 0.2) is 54.6 Å². The quantitative estimate of drug-likeness (QED) is 0.434. The largest absolute Gasteiger partial charge is 0.493 e. The van der Waals surface area contributed by atoms with Gasteiger partial charge in [-0.05, 0) is 30.3 Å². The maximum absolute atomic E-state index is 13.3. The van der Waals surface area contributed by atoms with Gasteiger partial charge >= 0.3 is 0 Å². The molecule has 0 spiro atoms. The van der Waals surface area contributed by atoms with Crippen molar-refractivity contribution in [1.82, 2.24) is 9.97 Å². The summed E-state index contributed by atoms with van der Waals surface area (Å²) in [4.78, 5) is 24.8. The lowest BCUT2D eigenvalue weighted by Gasteiger charge is -2.20. The third-order valence-electron chi connectivity index (χ3n) is 5.73. The number of fused-ring (bicyclic) bond motifs is 1. The highest BCUT2D eigenvalue weighted by molar-refractivity contribution is 6.07. The normalized spacial score (nSPS) is 10.8. The lowest BCUT2D eigenvalue weighted by Crippen LogP contribution is -2.26. The monoisotopic (exact) mass is 460 g/mol. The van der Waals surface area contributed by atoms with Crippen LogP contribution in [0.4, 0.5) is 11.4 Å². The van der Waals surface area contributed by atoms with Gasteiger partial charge < -0.3 is 29.0 Å². The van der Waals surface area contributed by atoms with E-state index in [-0.39, 0.29) is 5.91 Å². The molecule has 0 saturated heterocycles. The second-order valence-electron chi connectivity index (χ2n) is 8.00. The molecule has 1 amide bonds. The maximum atomic E-state index is 13.3. The van der Waals surface area contributed by atoms with E-state index in [2.05, 4.69) is 22.0 Å². The molecule has 34 heavy (non-hydrogen) atoms. The molecule has 0 saturated carbocycles. The average molecular weight is 461 g/mol. The number of pyridine rings is 1. The Kier molecular flexibility index (Phi) is 6.32. The summed E-state index contributed by atoms with van der Waals surface area (Å²) >= 11 is 0. The van der Waals surface area contributed by atoms with Crippen molar-refractivity contribution in [3.8, 4) is 28.5 Å². The molecule has 0 radical (unpaired) electrons. The van der Waals surface area contributed by atoms with E-state index >= 15 is 0 Å². The first-order valence-electron chi connectivity index (χ1n) is 10.7. The first kappa shape index (κ1) is 23.0. The SMILES string of the molecule is COc1cc(N(C)C(=O)c2cc3nc(-c4ccc(N(C)C)cc4)ccc3[nH]2)cc(OC)c1OC. The molecular weight excluding hydrogens is 432 g/mol. The lowest BCUT2D eigenvalue weighted by atomic mass is 10.1. The highest BCUT2D eigenvalue weighted by atomic mass is 16.5. The van der Waals surface area contributed by atoms with Crippen molar-refractivity contribution in [1.29, 1.82) is 0 Å². The Labute approximate surface area is 198 Å². The van der Waals surface area contributed by atoms with Crippen molar-refractivity contribution in [3.05, 3.63) is 60.3 Å². The van der Waals surface area contributed by atoms with Crippen LogP contribution >= 0.6 is 0 Å². The van der Waals surface area contributed by atoms with Gasteiger partial charge in [0.2, 0.25) is 5.75 Å². The zero-order chi connectivity index (χ0) is 24.4. The van der Waals surface area contributed by atoms with E-state index in [9.17, 15) is 4.79 Å². The van der Waals surface area contributed by atoms with E-state index in [1.807, 2.05) is 38.4 Å². The molecule has 176 valence electrons. The van der Waals surface area contributed by atoms with Gasteiger partial charge in [-0.25, -0.2) is 4.98 Å². The standard InChI is InChI=1S/C26H28N4O4/c1-29(2)17-9-7-16(8-10-17)19-11-12-20-21(27-19)15-22(28-20)26(31)30(3)18-13-23(32-4)25(34-6)24(14-18)33-5/h7-15,28H,1-6H3. The van der Waals surface area contributed by atoms with Gasteiger partial charge in [-0.1, -0.05) is 12.1 Å². The molecule has 1 N–H and O–H groups in total. The van der Waals surface area contributed by atoms with Crippen molar-refractivity contribution in [2.45, 2.75) is 0 Å². The molecule has 2 aromatic heterocycles. The summed E-state index contributed by atoms with van der Waals surface area (Å²) in [5, 5.41) is 0. The number of rotatable bonds is 7. The fourth-order valence-electron chi connectivity index (χ4n) is 3.77. The van der Waals surface area contributed by atoms with Crippen LogP contribution in [0.2, 0.25) is 0 Å². The minimum atomic E-state index is -0.218. The van der Waals surface area contributed by atoms with Crippen LogP contribution < -0.4 is 24.0 Å². The second-order valence-corrected chi connectivity index (χ2v) is 8.00. The Bertz CT molecular complexity index is 1300. The highest BCUT2D eigenvalue weighted by Crippen LogP contribution is 2.41. The molecule has 8 nitrogen and oxygen atoms in total. The summed E-state index contributed by atoms with van der Waals surface area (Å²) in [6.45, 7) is 0. The summed E-state index contributed by atoms with van der Waals surface area (Å²) in [6.07, 6.45) is 0. The molecular formula is C26H28N4O4. The van der Waals surface area contributed by atoms with Gasteiger partial charge in [0, 0.05) is 44.5 Å². The average Bonchev–Trinajstić information content (AvgIpc) is 3.30. The number of ether oxygens (including phenoxy) is 3. The number of aromatic nitrogens is 2. The number of hydrogen-bond donors (Lipinski definition) is 1. The lowest BCUT2D eigenvalue weighted by molar-refractivity contribution is 0.0989. The van der Waals surface area contributed by atoms with Gasteiger partial charge in [0.25, 0.3) is 5.91 Å². The summed E-state index contributed by atoms with van der Waals surface area (Å²) in [6, 6.07) is 17.3. The van der Waals surface area contributed by atoms with Gasteiger partial charge in [-0.15, -0.1) is 0 Å².